The summed E-state index contributed by atoms with van der Waals surface area (Å²) < 4.78 is 17.7. The lowest BCUT2D eigenvalue weighted by Gasteiger charge is -2.61. The summed E-state index contributed by atoms with van der Waals surface area (Å²) in [5.74, 6) is 1.64. The lowest BCUT2D eigenvalue weighted by molar-refractivity contribution is -0.177. The van der Waals surface area contributed by atoms with Crippen molar-refractivity contribution in [1.82, 2.24) is 20.1 Å². The maximum atomic E-state index is 13.4. The van der Waals surface area contributed by atoms with E-state index >= 15 is 0 Å². The number of phenolic OH excluding ortho intramolecular Hbond substituents is 1. The molecule has 7 rings (SSSR count). The van der Waals surface area contributed by atoms with Crippen molar-refractivity contribution < 1.29 is 29.2 Å². The van der Waals surface area contributed by atoms with Crippen LogP contribution in [-0.4, -0.2) is 76.2 Å². The first kappa shape index (κ1) is 29.2. The summed E-state index contributed by atoms with van der Waals surface area (Å²) >= 11 is 6.27. The number of aromatic hydroxyl groups is 1. The van der Waals surface area contributed by atoms with Gasteiger partial charge in [0.15, 0.2) is 23.0 Å². The zero-order valence-corrected chi connectivity index (χ0v) is 26.2. The number of piperazine rings is 1. The van der Waals surface area contributed by atoms with Crippen molar-refractivity contribution in [1.29, 1.82) is 0 Å². The molecule has 5 atom stereocenters. The SMILES string of the molecule is CCN1[C@@H]2Cc3cc(C)c(OC)c(O)c3[C@H]1C1Cc3c(C)c(C)c4c(c3[C@H](CNC(=O)c3cccnc3Cl)N1[C@H]2O)OCO4. The van der Waals surface area contributed by atoms with Crippen LogP contribution in [0.15, 0.2) is 24.4 Å². The molecule has 11 heteroatoms. The minimum Gasteiger partial charge on any atom is -0.504 e. The second-order valence-electron chi connectivity index (χ2n) is 12.1. The second kappa shape index (κ2) is 10.8. The predicted octanol–water partition coefficient (Wildman–Crippen LogP) is 4.12. The third-order valence-corrected chi connectivity index (χ3v) is 10.4. The van der Waals surface area contributed by atoms with E-state index in [1.165, 1.54) is 0 Å². The highest BCUT2D eigenvalue weighted by molar-refractivity contribution is 6.32. The maximum absolute atomic E-state index is 13.4. The Morgan fingerprint density at radius 2 is 1.93 bits per heavy atom. The number of likely N-dealkylation sites (N-methyl/N-ethyl adjacent to an activating group) is 1. The molecule has 1 fully saturated rings. The number of rotatable bonds is 5. The molecule has 1 unspecified atom stereocenters. The number of ether oxygens (including phenoxy) is 3. The minimum atomic E-state index is -0.856. The minimum absolute atomic E-state index is 0.109. The summed E-state index contributed by atoms with van der Waals surface area (Å²) in [7, 11) is 1.58. The van der Waals surface area contributed by atoms with Crippen molar-refractivity contribution in [2.45, 2.75) is 70.9 Å². The number of benzene rings is 2. The molecule has 44 heavy (non-hydrogen) atoms. The molecule has 5 heterocycles. The fourth-order valence-electron chi connectivity index (χ4n) is 8.16. The third kappa shape index (κ3) is 4.11. The van der Waals surface area contributed by atoms with Crippen LogP contribution < -0.4 is 19.5 Å². The van der Waals surface area contributed by atoms with Crippen molar-refractivity contribution in [3.05, 3.63) is 74.1 Å². The number of methoxy groups -OCH3 is 1. The molecule has 4 aliphatic heterocycles. The molecule has 0 radical (unpaired) electrons. The zero-order chi connectivity index (χ0) is 31.0. The Bertz CT molecular complexity index is 1680. The molecular formula is C33H37ClN4O6. The van der Waals surface area contributed by atoms with Crippen LogP contribution in [0, 0.1) is 20.8 Å². The number of carbonyl (C=O) groups is 1. The zero-order valence-electron chi connectivity index (χ0n) is 25.5. The summed E-state index contributed by atoms with van der Waals surface area (Å²) in [6.45, 7) is 9.14. The molecule has 0 spiro atoms. The van der Waals surface area contributed by atoms with E-state index < -0.39 is 12.3 Å². The van der Waals surface area contributed by atoms with Gasteiger partial charge in [-0.2, -0.15) is 0 Å². The van der Waals surface area contributed by atoms with Gasteiger partial charge in [0.2, 0.25) is 6.79 Å². The van der Waals surface area contributed by atoms with E-state index in [-0.39, 0.29) is 53.8 Å². The van der Waals surface area contributed by atoms with Gasteiger partial charge in [0.1, 0.15) is 11.4 Å². The number of carbonyl (C=O) groups excluding carboxylic acids is 1. The monoisotopic (exact) mass is 620 g/mol. The van der Waals surface area contributed by atoms with Gasteiger partial charge in [0.05, 0.1) is 30.8 Å². The molecule has 10 nitrogen and oxygen atoms in total. The van der Waals surface area contributed by atoms with Crippen molar-refractivity contribution in [3.8, 4) is 23.0 Å². The van der Waals surface area contributed by atoms with Crippen LogP contribution >= 0.6 is 11.6 Å². The molecule has 4 aliphatic rings. The largest absolute Gasteiger partial charge is 0.504 e. The van der Waals surface area contributed by atoms with Crippen molar-refractivity contribution in [3.63, 3.8) is 0 Å². The third-order valence-electron chi connectivity index (χ3n) is 10.1. The van der Waals surface area contributed by atoms with Crippen LogP contribution in [0.25, 0.3) is 0 Å². The number of hydrogen-bond donors (Lipinski definition) is 3. The number of aliphatic hydroxyl groups is 1. The van der Waals surface area contributed by atoms with E-state index in [1.54, 1.807) is 25.4 Å². The fourth-order valence-corrected chi connectivity index (χ4v) is 8.37. The Balaban J connectivity index is 1.40. The van der Waals surface area contributed by atoms with E-state index in [2.05, 4.69) is 40.0 Å². The van der Waals surface area contributed by atoms with Crippen LogP contribution in [0.5, 0.6) is 23.0 Å². The summed E-state index contributed by atoms with van der Waals surface area (Å²) in [4.78, 5) is 21.9. The molecule has 3 aromatic rings. The molecule has 3 N–H and O–H groups in total. The van der Waals surface area contributed by atoms with Gasteiger partial charge >= 0.3 is 0 Å². The first-order chi connectivity index (χ1) is 21.2. The highest BCUT2D eigenvalue weighted by Crippen LogP contribution is 2.57. The van der Waals surface area contributed by atoms with E-state index in [9.17, 15) is 15.0 Å². The van der Waals surface area contributed by atoms with E-state index in [4.69, 9.17) is 25.8 Å². The van der Waals surface area contributed by atoms with E-state index in [1.807, 2.05) is 13.8 Å². The van der Waals surface area contributed by atoms with Crippen molar-refractivity contribution in [2.75, 3.05) is 27.0 Å². The number of hydrogen-bond acceptors (Lipinski definition) is 9. The lowest BCUT2D eigenvalue weighted by atomic mass is 9.72. The number of nitrogens with zero attached hydrogens (tertiary/aromatic N) is 3. The number of phenols is 1. The summed E-state index contributed by atoms with van der Waals surface area (Å²) in [6, 6.07) is 4.26. The van der Waals surface area contributed by atoms with Gasteiger partial charge in [-0.25, -0.2) is 4.98 Å². The Morgan fingerprint density at radius 1 is 1.16 bits per heavy atom. The number of aromatic nitrogens is 1. The molecule has 1 aromatic heterocycles. The fraction of sp³-hybridized carbons (Fsp3) is 0.455. The average Bonchev–Trinajstić information content (AvgIpc) is 3.50. The Kier molecular flexibility index (Phi) is 7.16. The highest BCUT2D eigenvalue weighted by atomic mass is 35.5. The van der Waals surface area contributed by atoms with Crippen LogP contribution in [0.4, 0.5) is 0 Å². The Morgan fingerprint density at radius 3 is 2.66 bits per heavy atom. The summed E-state index contributed by atoms with van der Waals surface area (Å²) in [6.07, 6.45) is 1.85. The standard InChI is InChI=1S/C33H37ClN4O6/c1-6-37-22-11-18-10-15(2)28(42-5)27(39)24(18)26(37)21-12-20-16(3)17(4)29-30(44-14-43-29)25(20)23(38(21)33(22)41)13-36-32(40)19-8-7-9-35-31(19)34/h7-10,21-23,26,33,39,41H,6,11-14H2,1-5H3,(H,36,40)/t21?,22-,23+,26-,33+/m1/s1. The number of fused-ring (bicyclic) bond motifs is 9. The highest BCUT2D eigenvalue weighted by Gasteiger charge is 2.56. The van der Waals surface area contributed by atoms with Crippen LogP contribution in [0.1, 0.15) is 68.3 Å². The molecule has 0 aliphatic carbocycles. The van der Waals surface area contributed by atoms with Crippen molar-refractivity contribution in [2.24, 2.45) is 0 Å². The number of aliphatic hydroxyl groups excluding tert-OH is 1. The van der Waals surface area contributed by atoms with Crippen LogP contribution in [0.2, 0.25) is 5.15 Å². The number of pyridine rings is 1. The van der Waals surface area contributed by atoms with Gasteiger partial charge in [0.25, 0.3) is 5.91 Å². The number of nitrogens with one attached hydrogen (secondary N) is 1. The number of halogens is 1. The predicted molar refractivity (Wildman–Crippen MR) is 164 cm³/mol. The number of amides is 1. The molecule has 232 valence electrons. The molecule has 2 aromatic carbocycles. The van der Waals surface area contributed by atoms with Gasteiger partial charge in [0, 0.05) is 29.9 Å². The van der Waals surface area contributed by atoms with Gasteiger partial charge in [-0.05, 0) is 80.1 Å². The Labute approximate surface area is 261 Å². The van der Waals surface area contributed by atoms with Crippen LogP contribution in [0.3, 0.4) is 0 Å². The van der Waals surface area contributed by atoms with Gasteiger partial charge in [-0.3, -0.25) is 14.6 Å². The quantitative estimate of drug-likeness (QED) is 0.362. The van der Waals surface area contributed by atoms with E-state index in [0.29, 0.717) is 36.6 Å². The van der Waals surface area contributed by atoms with Crippen LogP contribution in [-0.2, 0) is 12.8 Å². The molecule has 1 saturated heterocycles. The van der Waals surface area contributed by atoms with Gasteiger partial charge in [-0.1, -0.05) is 24.6 Å². The van der Waals surface area contributed by atoms with Gasteiger partial charge < -0.3 is 29.7 Å². The summed E-state index contributed by atoms with van der Waals surface area (Å²) in [5, 5.41) is 27.1. The molecule has 1 amide bonds. The normalized spacial score (nSPS) is 25.2. The molecule has 2 bridgehead atoms. The molecule has 0 saturated carbocycles. The lowest BCUT2D eigenvalue weighted by Crippen LogP contribution is -2.70. The Hall–Kier alpha value is -3.57. The number of aryl methyl sites for hydroxylation is 1. The second-order valence-corrected chi connectivity index (χ2v) is 12.5. The average molecular weight is 621 g/mol. The van der Waals surface area contributed by atoms with Crippen molar-refractivity contribution >= 4 is 17.5 Å². The smallest absolute Gasteiger partial charge is 0.254 e. The summed E-state index contributed by atoms with van der Waals surface area (Å²) in [5.41, 5.74) is 7.15. The van der Waals surface area contributed by atoms with Gasteiger partial charge in [-0.15, -0.1) is 0 Å². The first-order valence-corrected chi connectivity index (χ1v) is 15.5. The first-order valence-electron chi connectivity index (χ1n) is 15.1. The molecular weight excluding hydrogens is 584 g/mol. The van der Waals surface area contributed by atoms with E-state index in [0.717, 1.165) is 38.9 Å². The maximum Gasteiger partial charge on any atom is 0.254 e. The topological polar surface area (TPSA) is 117 Å².